The predicted molar refractivity (Wildman–Crippen MR) is 120 cm³/mol. The Bertz CT molecular complexity index is 1130. The number of nitrogens with zero attached hydrogens (tertiary/aromatic N) is 4. The number of ether oxygens (including phenoxy) is 1. The maximum absolute atomic E-state index is 13.2. The molecule has 0 aliphatic carbocycles. The van der Waals surface area contributed by atoms with Crippen molar-refractivity contribution in [2.75, 3.05) is 13.1 Å². The monoisotopic (exact) mass is 451 g/mol. The highest BCUT2D eigenvalue weighted by molar-refractivity contribution is 5.94. The zero-order valence-electron chi connectivity index (χ0n) is 18.8. The minimum atomic E-state index is -0.421. The molecule has 2 aromatic carbocycles. The molecule has 0 radical (unpaired) electrons. The van der Waals surface area contributed by atoms with E-state index in [0.29, 0.717) is 30.2 Å². The molecule has 9 heteroatoms. The summed E-state index contributed by atoms with van der Waals surface area (Å²) in [5.74, 6) is -0.259. The van der Waals surface area contributed by atoms with Crippen LogP contribution in [0.15, 0.2) is 48.5 Å². The van der Waals surface area contributed by atoms with Gasteiger partial charge in [0.2, 0.25) is 5.82 Å². The first-order valence-electron chi connectivity index (χ1n) is 10.8. The van der Waals surface area contributed by atoms with E-state index >= 15 is 0 Å². The van der Waals surface area contributed by atoms with Gasteiger partial charge in [-0.25, -0.2) is 14.1 Å². The summed E-state index contributed by atoms with van der Waals surface area (Å²) in [7, 11) is 0. The number of nitrogens with one attached hydrogen (secondary N) is 1. The summed E-state index contributed by atoms with van der Waals surface area (Å²) in [5, 5.41) is 7.02. The minimum absolute atomic E-state index is 0.0102. The van der Waals surface area contributed by atoms with Gasteiger partial charge in [0.1, 0.15) is 11.6 Å². The molecule has 0 saturated carbocycles. The van der Waals surface area contributed by atoms with Crippen molar-refractivity contribution in [2.24, 2.45) is 0 Å². The van der Waals surface area contributed by atoms with E-state index < -0.39 is 5.91 Å². The van der Waals surface area contributed by atoms with Crippen LogP contribution in [-0.2, 0) is 11.3 Å². The van der Waals surface area contributed by atoms with Gasteiger partial charge in [-0.3, -0.25) is 9.59 Å². The third-order valence-corrected chi connectivity index (χ3v) is 5.40. The van der Waals surface area contributed by atoms with Gasteiger partial charge < -0.3 is 15.0 Å². The Kier molecular flexibility index (Phi) is 6.50. The van der Waals surface area contributed by atoms with Gasteiger partial charge in [-0.1, -0.05) is 12.1 Å². The summed E-state index contributed by atoms with van der Waals surface area (Å²) < 4.78 is 20.3. The third kappa shape index (κ3) is 5.25. The van der Waals surface area contributed by atoms with E-state index in [1.165, 1.54) is 16.8 Å². The van der Waals surface area contributed by atoms with Gasteiger partial charge in [0.25, 0.3) is 11.8 Å². The maximum Gasteiger partial charge on any atom is 0.291 e. The van der Waals surface area contributed by atoms with Crippen LogP contribution in [0.4, 0.5) is 4.39 Å². The Balaban J connectivity index is 1.36. The molecule has 2 heterocycles. The molecule has 2 amide bonds. The fraction of sp³-hybridized carbons (Fsp3) is 0.333. The second kappa shape index (κ2) is 9.50. The standard InChI is InChI=1S/C24H26FN5O3/c1-15-13-29(14-16(2)33-15)24(32)19-6-4-18(5-7-19)12-26-23(31)22-27-17(3)30(28-22)21-10-8-20(25)9-11-21/h4-11,15-16H,12-14H2,1-3H3,(H,26,31). The highest BCUT2D eigenvalue weighted by Gasteiger charge is 2.26. The first-order valence-corrected chi connectivity index (χ1v) is 10.8. The highest BCUT2D eigenvalue weighted by Crippen LogP contribution is 2.15. The van der Waals surface area contributed by atoms with E-state index in [1.54, 1.807) is 36.1 Å². The van der Waals surface area contributed by atoms with Gasteiger partial charge >= 0.3 is 0 Å². The largest absolute Gasteiger partial charge is 0.372 e. The fourth-order valence-corrected chi connectivity index (χ4v) is 3.87. The van der Waals surface area contributed by atoms with Gasteiger partial charge in [0, 0.05) is 25.2 Å². The van der Waals surface area contributed by atoms with Gasteiger partial charge in [0.05, 0.1) is 17.9 Å². The van der Waals surface area contributed by atoms with Crippen molar-refractivity contribution in [3.05, 3.63) is 77.1 Å². The number of amides is 2. The third-order valence-electron chi connectivity index (χ3n) is 5.40. The maximum atomic E-state index is 13.2. The van der Waals surface area contributed by atoms with Crippen LogP contribution in [-0.4, -0.2) is 56.8 Å². The van der Waals surface area contributed by atoms with E-state index in [0.717, 1.165) is 5.56 Å². The van der Waals surface area contributed by atoms with Gasteiger partial charge in [0.15, 0.2) is 0 Å². The Hall–Kier alpha value is -3.59. The van der Waals surface area contributed by atoms with Crippen molar-refractivity contribution in [3.63, 3.8) is 0 Å². The van der Waals surface area contributed by atoms with E-state index in [4.69, 9.17) is 4.74 Å². The van der Waals surface area contributed by atoms with Crippen LogP contribution in [0.1, 0.15) is 46.2 Å². The van der Waals surface area contributed by atoms with Gasteiger partial charge in [-0.05, 0) is 62.7 Å². The molecular weight excluding hydrogens is 425 g/mol. The van der Waals surface area contributed by atoms with Crippen LogP contribution in [0.25, 0.3) is 5.69 Å². The van der Waals surface area contributed by atoms with E-state index in [1.807, 2.05) is 26.0 Å². The van der Waals surface area contributed by atoms with E-state index in [9.17, 15) is 14.0 Å². The number of hydrogen-bond donors (Lipinski definition) is 1. The highest BCUT2D eigenvalue weighted by atomic mass is 19.1. The van der Waals surface area contributed by atoms with E-state index in [-0.39, 0.29) is 36.3 Å². The van der Waals surface area contributed by atoms with Crippen molar-refractivity contribution in [2.45, 2.75) is 39.5 Å². The molecule has 3 aromatic rings. The van der Waals surface area contributed by atoms with Gasteiger partial charge in [-0.2, -0.15) is 0 Å². The minimum Gasteiger partial charge on any atom is -0.372 e. The number of halogens is 1. The molecule has 2 unspecified atom stereocenters. The number of hydrogen-bond acceptors (Lipinski definition) is 5. The number of aromatic nitrogens is 3. The number of carbonyl (C=O) groups excluding carboxylic acids is 2. The molecule has 2 atom stereocenters. The lowest BCUT2D eigenvalue weighted by atomic mass is 10.1. The fourth-order valence-electron chi connectivity index (χ4n) is 3.87. The summed E-state index contributed by atoms with van der Waals surface area (Å²) in [5.41, 5.74) is 2.06. The number of carbonyl (C=O) groups is 2. The van der Waals surface area contributed by atoms with Crippen LogP contribution < -0.4 is 5.32 Å². The summed E-state index contributed by atoms with van der Waals surface area (Å²) in [6.45, 7) is 7.04. The van der Waals surface area contributed by atoms with Crippen LogP contribution in [0.2, 0.25) is 0 Å². The summed E-state index contributed by atoms with van der Waals surface area (Å²) in [6.07, 6.45) is 0.0203. The van der Waals surface area contributed by atoms with Crippen molar-refractivity contribution in [1.82, 2.24) is 25.0 Å². The molecule has 1 aromatic heterocycles. The normalized spacial score (nSPS) is 18.2. The van der Waals surface area contributed by atoms with Crippen LogP contribution in [0, 0.1) is 12.7 Å². The smallest absolute Gasteiger partial charge is 0.291 e. The first-order chi connectivity index (χ1) is 15.8. The molecule has 0 spiro atoms. The second-order valence-corrected chi connectivity index (χ2v) is 8.22. The molecule has 33 heavy (non-hydrogen) atoms. The van der Waals surface area contributed by atoms with Crippen molar-refractivity contribution in [1.29, 1.82) is 0 Å². The van der Waals surface area contributed by atoms with Gasteiger partial charge in [-0.15, -0.1) is 5.10 Å². The number of morpholine rings is 1. The molecule has 1 saturated heterocycles. The average Bonchev–Trinajstić information content (AvgIpc) is 3.19. The lowest BCUT2D eigenvalue weighted by molar-refractivity contribution is -0.0586. The molecule has 1 aliphatic heterocycles. The Morgan fingerprint density at radius 3 is 2.33 bits per heavy atom. The van der Waals surface area contributed by atoms with Crippen molar-refractivity contribution in [3.8, 4) is 5.69 Å². The molecule has 1 aliphatic rings. The van der Waals surface area contributed by atoms with Crippen LogP contribution in [0.5, 0.6) is 0 Å². The molecule has 0 bridgehead atoms. The summed E-state index contributed by atoms with van der Waals surface area (Å²) >= 11 is 0. The number of aryl methyl sites for hydroxylation is 1. The molecule has 4 rings (SSSR count). The molecule has 172 valence electrons. The van der Waals surface area contributed by atoms with Crippen molar-refractivity contribution >= 4 is 11.8 Å². The Labute approximate surface area is 191 Å². The molecule has 8 nitrogen and oxygen atoms in total. The molecule has 1 N–H and O–H groups in total. The number of rotatable bonds is 5. The summed E-state index contributed by atoms with van der Waals surface area (Å²) in [4.78, 5) is 31.3. The SMILES string of the molecule is Cc1nc(C(=O)NCc2ccc(C(=O)N3CC(C)OC(C)C3)cc2)nn1-c1ccc(F)cc1. The zero-order chi connectivity index (χ0) is 23.5. The van der Waals surface area contributed by atoms with Crippen LogP contribution >= 0.6 is 0 Å². The average molecular weight is 452 g/mol. The lowest BCUT2D eigenvalue weighted by Gasteiger charge is -2.35. The van der Waals surface area contributed by atoms with Crippen molar-refractivity contribution < 1.29 is 18.7 Å². The molecular formula is C24H26FN5O3. The summed E-state index contributed by atoms with van der Waals surface area (Å²) in [6, 6.07) is 12.9. The quantitative estimate of drug-likeness (QED) is 0.644. The van der Waals surface area contributed by atoms with Crippen LogP contribution in [0.3, 0.4) is 0 Å². The Morgan fingerprint density at radius 1 is 1.06 bits per heavy atom. The first kappa shape index (κ1) is 22.6. The molecule has 1 fully saturated rings. The second-order valence-electron chi connectivity index (χ2n) is 8.22. The zero-order valence-corrected chi connectivity index (χ0v) is 18.8. The predicted octanol–water partition coefficient (Wildman–Crippen LogP) is 2.89. The van der Waals surface area contributed by atoms with E-state index in [2.05, 4.69) is 15.4 Å². The lowest BCUT2D eigenvalue weighted by Crippen LogP contribution is -2.48. The Morgan fingerprint density at radius 2 is 1.70 bits per heavy atom. The topological polar surface area (TPSA) is 89.3 Å². The number of benzene rings is 2.